The molecule has 0 fully saturated rings. The van der Waals surface area contributed by atoms with E-state index >= 15 is 0 Å². The zero-order chi connectivity index (χ0) is 42.7. The standard InChI is InChI=1S/C49H96NO7P/c1-6-8-10-12-14-16-18-20-21-22-23-24-25-26-27-28-29-30-32-34-36-38-40-42-49(51)57-48(47-56-58(52,53)55-45-43-50(3,4)5)46-54-44-41-39-37-35-33-31-19-17-15-13-11-9-7-2/h15,17,22-23,48H,6-14,16,18-21,24-47H2,1-5H3/b17-15-,23-22-. The summed E-state index contributed by atoms with van der Waals surface area (Å²) in [5, 5.41) is 0. The third-order valence-corrected chi connectivity index (χ3v) is 11.7. The van der Waals surface area contributed by atoms with E-state index < -0.39 is 13.9 Å². The second kappa shape index (κ2) is 42.7. The molecule has 0 aromatic heterocycles. The average Bonchev–Trinajstić information content (AvgIpc) is 3.18. The summed E-state index contributed by atoms with van der Waals surface area (Å²) in [6.45, 7) is 5.41. The number of phosphoric acid groups is 1. The summed E-state index contributed by atoms with van der Waals surface area (Å²) in [5.74, 6) is -0.335. The normalized spacial score (nSPS) is 13.8. The SMILES string of the molecule is CCCCC/C=C\CCCCCCCCOCC(COP(=O)([O-])OCC[N+](C)(C)C)OC(=O)CCCCCCCCCCCCC/C=C\CCCCCCCCCC. The molecule has 0 aliphatic heterocycles. The zero-order valence-corrected chi connectivity index (χ0v) is 39.9. The van der Waals surface area contributed by atoms with Gasteiger partial charge >= 0.3 is 5.97 Å². The Bertz CT molecular complexity index is 983. The van der Waals surface area contributed by atoms with Crippen LogP contribution in [0.15, 0.2) is 24.3 Å². The number of likely N-dealkylation sites (N-methyl/N-ethyl adjacent to an activating group) is 1. The Morgan fingerprint density at radius 1 is 0.517 bits per heavy atom. The maximum atomic E-state index is 12.7. The number of rotatable bonds is 46. The molecule has 0 saturated heterocycles. The highest BCUT2D eigenvalue weighted by Gasteiger charge is 2.20. The number of hydrogen-bond donors (Lipinski definition) is 0. The highest BCUT2D eigenvalue weighted by Crippen LogP contribution is 2.38. The van der Waals surface area contributed by atoms with Crippen LogP contribution in [0.4, 0.5) is 0 Å². The van der Waals surface area contributed by atoms with Gasteiger partial charge in [0.25, 0.3) is 7.82 Å². The molecule has 8 nitrogen and oxygen atoms in total. The van der Waals surface area contributed by atoms with Crippen LogP contribution in [0, 0.1) is 0 Å². The molecule has 0 aliphatic carbocycles. The molecule has 0 aromatic carbocycles. The van der Waals surface area contributed by atoms with E-state index in [-0.39, 0.29) is 25.8 Å². The van der Waals surface area contributed by atoms with Crippen LogP contribution in [0.5, 0.6) is 0 Å². The summed E-state index contributed by atoms with van der Waals surface area (Å²) < 4.78 is 34.7. The first kappa shape index (κ1) is 57.0. The van der Waals surface area contributed by atoms with Gasteiger partial charge in [0.2, 0.25) is 0 Å². The van der Waals surface area contributed by atoms with Crippen molar-refractivity contribution in [2.75, 3.05) is 54.1 Å². The molecule has 2 unspecified atom stereocenters. The Balaban J connectivity index is 4.10. The predicted octanol–water partition coefficient (Wildman–Crippen LogP) is 14.1. The third kappa shape index (κ3) is 46.1. The van der Waals surface area contributed by atoms with Crippen LogP contribution in [0.3, 0.4) is 0 Å². The molecular formula is C49H96NO7P. The topological polar surface area (TPSA) is 94.1 Å². The van der Waals surface area contributed by atoms with E-state index in [1.165, 1.54) is 173 Å². The number of ether oxygens (including phenoxy) is 2. The van der Waals surface area contributed by atoms with Crippen LogP contribution in [0.1, 0.15) is 226 Å². The maximum Gasteiger partial charge on any atom is 0.306 e. The first-order valence-electron chi connectivity index (χ1n) is 24.6. The lowest BCUT2D eigenvalue weighted by molar-refractivity contribution is -0.870. The fraction of sp³-hybridized carbons (Fsp3) is 0.898. The molecule has 0 heterocycles. The smallest absolute Gasteiger partial charge is 0.306 e. The van der Waals surface area contributed by atoms with Gasteiger partial charge < -0.3 is 27.9 Å². The lowest BCUT2D eigenvalue weighted by Crippen LogP contribution is -2.37. The van der Waals surface area contributed by atoms with Gasteiger partial charge in [-0.15, -0.1) is 0 Å². The number of unbranched alkanes of at least 4 members (excludes halogenated alkanes) is 28. The van der Waals surface area contributed by atoms with Crippen LogP contribution in [-0.4, -0.2) is 70.7 Å². The summed E-state index contributed by atoms with van der Waals surface area (Å²) in [6, 6.07) is 0. The predicted molar refractivity (Wildman–Crippen MR) is 245 cm³/mol. The molecule has 0 aromatic rings. The van der Waals surface area contributed by atoms with Crippen LogP contribution in [0.2, 0.25) is 0 Å². The van der Waals surface area contributed by atoms with Crippen molar-refractivity contribution >= 4 is 13.8 Å². The fourth-order valence-electron chi connectivity index (χ4n) is 6.89. The van der Waals surface area contributed by atoms with Gasteiger partial charge in [-0.3, -0.25) is 9.36 Å². The Hall–Kier alpha value is -1.02. The molecule has 58 heavy (non-hydrogen) atoms. The van der Waals surface area contributed by atoms with Crippen LogP contribution in [0.25, 0.3) is 0 Å². The first-order valence-corrected chi connectivity index (χ1v) is 26.0. The Kier molecular flexibility index (Phi) is 41.9. The van der Waals surface area contributed by atoms with Gasteiger partial charge in [0.1, 0.15) is 19.3 Å². The minimum atomic E-state index is -4.52. The summed E-state index contributed by atoms with van der Waals surface area (Å²) in [5.41, 5.74) is 0. The molecule has 9 heteroatoms. The van der Waals surface area contributed by atoms with Crippen molar-refractivity contribution in [3.8, 4) is 0 Å². The van der Waals surface area contributed by atoms with E-state index in [2.05, 4.69) is 38.2 Å². The van der Waals surface area contributed by atoms with E-state index in [4.69, 9.17) is 18.5 Å². The van der Waals surface area contributed by atoms with Crippen molar-refractivity contribution < 1.29 is 37.3 Å². The van der Waals surface area contributed by atoms with E-state index in [0.29, 0.717) is 24.1 Å². The molecule has 0 bridgehead atoms. The van der Waals surface area contributed by atoms with Crippen molar-refractivity contribution in [1.29, 1.82) is 0 Å². The van der Waals surface area contributed by atoms with Gasteiger partial charge in [-0.2, -0.15) is 0 Å². The molecule has 0 spiro atoms. The third-order valence-electron chi connectivity index (χ3n) is 10.7. The number of phosphoric ester groups is 1. The molecule has 0 saturated carbocycles. The second-order valence-corrected chi connectivity index (χ2v) is 19.2. The monoisotopic (exact) mass is 842 g/mol. The highest BCUT2D eigenvalue weighted by molar-refractivity contribution is 7.45. The number of carbonyl (C=O) groups excluding carboxylic acids is 1. The minimum absolute atomic E-state index is 0.0263. The van der Waals surface area contributed by atoms with Gasteiger partial charge in [0.15, 0.2) is 0 Å². The van der Waals surface area contributed by atoms with E-state index in [1.807, 2.05) is 21.1 Å². The second-order valence-electron chi connectivity index (χ2n) is 17.8. The lowest BCUT2D eigenvalue weighted by Gasteiger charge is -2.28. The number of allylic oxidation sites excluding steroid dienone is 4. The van der Waals surface area contributed by atoms with E-state index in [0.717, 1.165) is 32.1 Å². The van der Waals surface area contributed by atoms with Crippen LogP contribution >= 0.6 is 7.82 Å². The van der Waals surface area contributed by atoms with Gasteiger partial charge in [0, 0.05) is 13.0 Å². The van der Waals surface area contributed by atoms with E-state index in [1.54, 1.807) is 0 Å². The van der Waals surface area contributed by atoms with Crippen LogP contribution < -0.4 is 4.89 Å². The highest BCUT2D eigenvalue weighted by atomic mass is 31.2. The molecule has 0 rings (SSSR count). The Morgan fingerprint density at radius 3 is 1.34 bits per heavy atom. The fourth-order valence-corrected chi connectivity index (χ4v) is 7.62. The lowest BCUT2D eigenvalue weighted by atomic mass is 10.0. The van der Waals surface area contributed by atoms with Crippen molar-refractivity contribution in [2.24, 2.45) is 0 Å². The Morgan fingerprint density at radius 2 is 0.897 bits per heavy atom. The summed E-state index contributed by atoms with van der Waals surface area (Å²) in [6.07, 6.45) is 49.1. The van der Waals surface area contributed by atoms with Crippen molar-refractivity contribution in [2.45, 2.75) is 232 Å². The molecule has 344 valence electrons. The van der Waals surface area contributed by atoms with Gasteiger partial charge in [0.05, 0.1) is 34.4 Å². The number of carbonyl (C=O) groups is 1. The summed E-state index contributed by atoms with van der Waals surface area (Å²) >= 11 is 0. The first-order chi connectivity index (χ1) is 28.1. The quantitative estimate of drug-likeness (QED) is 0.0198. The van der Waals surface area contributed by atoms with Gasteiger partial charge in [-0.25, -0.2) is 0 Å². The van der Waals surface area contributed by atoms with E-state index in [9.17, 15) is 14.3 Å². The average molecular weight is 842 g/mol. The number of nitrogens with zero attached hydrogens (tertiary/aromatic N) is 1. The number of hydrogen-bond acceptors (Lipinski definition) is 7. The summed E-state index contributed by atoms with van der Waals surface area (Å²) in [7, 11) is 1.36. The van der Waals surface area contributed by atoms with Gasteiger partial charge in [-0.1, -0.05) is 179 Å². The van der Waals surface area contributed by atoms with Crippen molar-refractivity contribution in [3.05, 3.63) is 24.3 Å². The molecular weight excluding hydrogens is 746 g/mol. The minimum Gasteiger partial charge on any atom is -0.756 e. The number of quaternary nitrogens is 1. The van der Waals surface area contributed by atoms with Crippen LogP contribution in [-0.2, 0) is 27.9 Å². The molecule has 0 amide bonds. The zero-order valence-electron chi connectivity index (χ0n) is 39.0. The maximum absolute atomic E-state index is 12.7. The molecule has 2 atom stereocenters. The molecule has 0 radical (unpaired) electrons. The molecule has 0 aliphatic rings. The van der Waals surface area contributed by atoms with Crippen molar-refractivity contribution in [3.63, 3.8) is 0 Å². The van der Waals surface area contributed by atoms with Crippen molar-refractivity contribution in [1.82, 2.24) is 0 Å². The van der Waals surface area contributed by atoms with Gasteiger partial charge in [-0.05, 0) is 64.2 Å². The number of esters is 1. The summed E-state index contributed by atoms with van der Waals surface area (Å²) in [4.78, 5) is 25.1. The molecule has 0 N–H and O–H groups in total. The Labute approximate surface area is 360 Å². The largest absolute Gasteiger partial charge is 0.756 e.